The summed E-state index contributed by atoms with van der Waals surface area (Å²) < 4.78 is 5.34. The largest absolute Gasteiger partial charge is 0.378 e. The quantitative estimate of drug-likeness (QED) is 0.668. The highest BCUT2D eigenvalue weighted by atomic mass is 16.5. The first-order valence-electron chi connectivity index (χ1n) is 4.44. The molecule has 2 heteroatoms. The van der Waals surface area contributed by atoms with Crippen LogP contribution in [0.5, 0.6) is 0 Å². The zero-order valence-electron chi connectivity index (χ0n) is 7.81. The van der Waals surface area contributed by atoms with Gasteiger partial charge >= 0.3 is 0 Å². The Kier molecular flexibility index (Phi) is 2.90. The molecule has 0 spiro atoms. The van der Waals surface area contributed by atoms with Crippen LogP contribution in [-0.2, 0) is 4.74 Å². The van der Waals surface area contributed by atoms with E-state index in [2.05, 4.69) is 19.2 Å². The summed E-state index contributed by atoms with van der Waals surface area (Å²) in [5.74, 6) is 0. The lowest BCUT2D eigenvalue weighted by molar-refractivity contribution is -0.0579. The van der Waals surface area contributed by atoms with Gasteiger partial charge < -0.3 is 10.1 Å². The van der Waals surface area contributed by atoms with Crippen LogP contribution in [0.4, 0.5) is 0 Å². The zero-order valence-corrected chi connectivity index (χ0v) is 7.81. The Bertz CT molecular complexity index is 119. The third-order valence-electron chi connectivity index (χ3n) is 2.56. The van der Waals surface area contributed by atoms with Gasteiger partial charge in [0.2, 0.25) is 0 Å². The highest BCUT2D eigenvalue weighted by molar-refractivity contribution is 4.78. The second kappa shape index (κ2) is 3.55. The van der Waals surface area contributed by atoms with E-state index in [9.17, 15) is 0 Å². The molecule has 1 N–H and O–H groups in total. The van der Waals surface area contributed by atoms with Crippen molar-refractivity contribution in [2.45, 2.75) is 44.8 Å². The lowest BCUT2D eigenvalue weighted by Gasteiger charge is -2.31. The van der Waals surface area contributed by atoms with Gasteiger partial charge in [-0.15, -0.1) is 0 Å². The lowest BCUT2D eigenvalue weighted by atomic mass is 9.94. The molecule has 1 saturated heterocycles. The molecular formula is C9H19NO. The smallest absolute Gasteiger partial charge is 0.0597 e. The van der Waals surface area contributed by atoms with E-state index in [1.807, 2.05) is 7.05 Å². The predicted molar refractivity (Wildman–Crippen MR) is 46.7 cm³/mol. The topological polar surface area (TPSA) is 21.3 Å². The van der Waals surface area contributed by atoms with Crippen molar-refractivity contribution in [2.75, 3.05) is 13.7 Å². The maximum atomic E-state index is 5.34. The van der Waals surface area contributed by atoms with E-state index >= 15 is 0 Å². The maximum Gasteiger partial charge on any atom is 0.0597 e. The molecule has 0 aromatic carbocycles. The minimum atomic E-state index is 0.277. The normalized spacial score (nSPS) is 24.8. The van der Waals surface area contributed by atoms with Gasteiger partial charge in [-0.25, -0.2) is 0 Å². The molecule has 2 nitrogen and oxygen atoms in total. The van der Waals surface area contributed by atoms with Gasteiger partial charge in [-0.1, -0.05) is 0 Å². The van der Waals surface area contributed by atoms with Crippen LogP contribution in [0.3, 0.4) is 0 Å². The molecule has 1 unspecified atom stereocenters. The fourth-order valence-corrected chi connectivity index (χ4v) is 1.16. The SMILES string of the molecule is CNC(C)(C)CCC1CCO1. The minimum Gasteiger partial charge on any atom is -0.378 e. The van der Waals surface area contributed by atoms with Crippen LogP contribution in [0.25, 0.3) is 0 Å². The maximum absolute atomic E-state index is 5.34. The number of nitrogens with one attached hydrogen (secondary N) is 1. The summed E-state index contributed by atoms with van der Waals surface area (Å²) in [7, 11) is 2.02. The third-order valence-corrected chi connectivity index (χ3v) is 2.56. The van der Waals surface area contributed by atoms with E-state index in [1.54, 1.807) is 0 Å². The highest BCUT2D eigenvalue weighted by Gasteiger charge is 2.22. The molecule has 0 saturated carbocycles. The minimum absolute atomic E-state index is 0.277. The Morgan fingerprint density at radius 3 is 2.55 bits per heavy atom. The predicted octanol–water partition coefficient (Wildman–Crippen LogP) is 1.55. The fraction of sp³-hybridized carbons (Fsp3) is 1.00. The number of hydrogen-bond donors (Lipinski definition) is 1. The molecule has 1 aliphatic rings. The second-order valence-electron chi connectivity index (χ2n) is 3.95. The van der Waals surface area contributed by atoms with Crippen LogP contribution in [-0.4, -0.2) is 25.3 Å². The van der Waals surface area contributed by atoms with Crippen molar-refractivity contribution in [3.8, 4) is 0 Å². The standard InChI is InChI=1S/C9H19NO/c1-9(2,10-3)6-4-8-5-7-11-8/h8,10H,4-7H2,1-3H3. The van der Waals surface area contributed by atoms with E-state index in [-0.39, 0.29) is 5.54 Å². The summed E-state index contributed by atoms with van der Waals surface area (Å²) in [6.45, 7) is 5.43. The van der Waals surface area contributed by atoms with Gasteiger partial charge in [0.15, 0.2) is 0 Å². The Labute approximate surface area is 69.3 Å². The summed E-state index contributed by atoms with van der Waals surface area (Å²) >= 11 is 0. The highest BCUT2D eigenvalue weighted by Crippen LogP contribution is 2.20. The molecule has 1 atom stereocenters. The van der Waals surface area contributed by atoms with E-state index in [1.165, 1.54) is 19.3 Å². The molecule has 11 heavy (non-hydrogen) atoms. The van der Waals surface area contributed by atoms with E-state index in [0.717, 1.165) is 6.61 Å². The Morgan fingerprint density at radius 1 is 1.55 bits per heavy atom. The molecule has 0 amide bonds. The molecular weight excluding hydrogens is 138 g/mol. The van der Waals surface area contributed by atoms with Gasteiger partial charge in [-0.05, 0) is 40.2 Å². The number of rotatable bonds is 4. The first-order valence-corrected chi connectivity index (χ1v) is 4.44. The van der Waals surface area contributed by atoms with Crippen molar-refractivity contribution in [3.05, 3.63) is 0 Å². The summed E-state index contributed by atoms with van der Waals surface area (Å²) in [4.78, 5) is 0. The Balaban J connectivity index is 2.09. The van der Waals surface area contributed by atoms with Crippen molar-refractivity contribution < 1.29 is 4.74 Å². The molecule has 1 aliphatic heterocycles. The lowest BCUT2D eigenvalue weighted by Crippen LogP contribution is -2.38. The van der Waals surface area contributed by atoms with Gasteiger partial charge in [0.05, 0.1) is 6.10 Å². The Morgan fingerprint density at radius 2 is 2.18 bits per heavy atom. The third kappa shape index (κ3) is 2.80. The zero-order chi connectivity index (χ0) is 8.32. The van der Waals surface area contributed by atoms with Crippen LogP contribution in [0, 0.1) is 0 Å². The molecule has 66 valence electrons. The van der Waals surface area contributed by atoms with Crippen LogP contribution in [0.1, 0.15) is 33.1 Å². The molecule has 0 bridgehead atoms. The molecule has 0 aliphatic carbocycles. The van der Waals surface area contributed by atoms with Crippen molar-refractivity contribution in [2.24, 2.45) is 0 Å². The second-order valence-corrected chi connectivity index (χ2v) is 3.95. The first-order chi connectivity index (χ1) is 5.14. The van der Waals surface area contributed by atoms with E-state index < -0.39 is 0 Å². The molecule has 1 heterocycles. The Hall–Kier alpha value is -0.0800. The summed E-state index contributed by atoms with van der Waals surface area (Å²) in [6, 6.07) is 0. The summed E-state index contributed by atoms with van der Waals surface area (Å²) in [5, 5.41) is 3.29. The summed E-state index contributed by atoms with van der Waals surface area (Å²) in [6.07, 6.45) is 4.23. The average Bonchev–Trinajstić information content (AvgIpc) is 1.84. The fourth-order valence-electron chi connectivity index (χ4n) is 1.16. The van der Waals surface area contributed by atoms with Gasteiger partial charge in [-0.2, -0.15) is 0 Å². The van der Waals surface area contributed by atoms with Gasteiger partial charge in [0.1, 0.15) is 0 Å². The summed E-state index contributed by atoms with van der Waals surface area (Å²) in [5.41, 5.74) is 0.277. The van der Waals surface area contributed by atoms with Crippen LogP contribution in [0.15, 0.2) is 0 Å². The molecule has 0 aromatic heterocycles. The molecule has 1 rings (SSSR count). The van der Waals surface area contributed by atoms with Crippen LogP contribution >= 0.6 is 0 Å². The number of hydrogen-bond acceptors (Lipinski definition) is 2. The van der Waals surface area contributed by atoms with Crippen molar-refractivity contribution in [1.29, 1.82) is 0 Å². The molecule has 0 aromatic rings. The van der Waals surface area contributed by atoms with Crippen molar-refractivity contribution in [1.82, 2.24) is 5.32 Å². The van der Waals surface area contributed by atoms with E-state index in [4.69, 9.17) is 4.74 Å². The first kappa shape index (κ1) is 9.01. The molecule has 0 radical (unpaired) electrons. The van der Waals surface area contributed by atoms with Gasteiger partial charge in [-0.3, -0.25) is 0 Å². The van der Waals surface area contributed by atoms with Crippen LogP contribution in [0.2, 0.25) is 0 Å². The van der Waals surface area contributed by atoms with E-state index in [0.29, 0.717) is 6.10 Å². The monoisotopic (exact) mass is 157 g/mol. The van der Waals surface area contributed by atoms with Gasteiger partial charge in [0, 0.05) is 12.1 Å². The van der Waals surface area contributed by atoms with Gasteiger partial charge in [0.25, 0.3) is 0 Å². The average molecular weight is 157 g/mol. The molecule has 1 fully saturated rings. The van der Waals surface area contributed by atoms with Crippen molar-refractivity contribution >= 4 is 0 Å². The van der Waals surface area contributed by atoms with Crippen molar-refractivity contribution in [3.63, 3.8) is 0 Å². The number of ether oxygens (including phenoxy) is 1. The van der Waals surface area contributed by atoms with Crippen LogP contribution < -0.4 is 5.32 Å².